The van der Waals surface area contributed by atoms with Crippen molar-refractivity contribution in [3.63, 3.8) is 0 Å². The Morgan fingerprint density at radius 1 is 1.52 bits per heavy atom. The third-order valence-corrected chi connectivity index (χ3v) is 6.25. The monoisotopic (exact) mass is 451 g/mol. The summed E-state index contributed by atoms with van der Waals surface area (Å²) in [5, 5.41) is 10.3. The maximum atomic E-state index is 12.0. The molecular formula is C13H11Br2NO3S2. The van der Waals surface area contributed by atoms with Crippen molar-refractivity contribution in [2.45, 2.75) is 6.92 Å². The van der Waals surface area contributed by atoms with E-state index < -0.39 is 0 Å². The van der Waals surface area contributed by atoms with Gasteiger partial charge in [-0.1, -0.05) is 24.0 Å². The Balaban J connectivity index is 2.54. The van der Waals surface area contributed by atoms with Crippen LogP contribution >= 0.6 is 55.8 Å². The fourth-order valence-electron chi connectivity index (χ4n) is 1.69. The standard InChI is InChI=1S/C13H11Br2NO3S2/c1-3-19-8-5-7(14)10(15)6(11(8)17)4-9-12(18)16(2)13(20)21-9/h4-5,17H,3H2,1-2H3. The van der Waals surface area contributed by atoms with E-state index in [2.05, 4.69) is 31.9 Å². The second-order valence-electron chi connectivity index (χ2n) is 4.11. The van der Waals surface area contributed by atoms with E-state index in [1.165, 1.54) is 16.7 Å². The third kappa shape index (κ3) is 3.28. The van der Waals surface area contributed by atoms with Crippen molar-refractivity contribution in [1.29, 1.82) is 0 Å². The minimum atomic E-state index is -0.186. The zero-order valence-corrected chi connectivity index (χ0v) is 16.0. The minimum absolute atomic E-state index is 0.0201. The molecule has 8 heteroatoms. The molecule has 1 aromatic carbocycles. The molecule has 2 rings (SSSR count). The molecule has 0 bridgehead atoms. The number of aromatic hydroxyl groups is 1. The van der Waals surface area contributed by atoms with Gasteiger partial charge in [-0.2, -0.15) is 0 Å². The molecule has 1 fully saturated rings. The van der Waals surface area contributed by atoms with E-state index in [4.69, 9.17) is 17.0 Å². The first-order chi connectivity index (χ1) is 9.86. The molecule has 1 aliphatic rings. The van der Waals surface area contributed by atoms with Gasteiger partial charge in [-0.3, -0.25) is 9.69 Å². The second kappa shape index (κ2) is 6.68. The molecule has 0 aliphatic carbocycles. The lowest BCUT2D eigenvalue weighted by atomic mass is 10.1. The molecule has 1 amide bonds. The van der Waals surface area contributed by atoms with E-state index in [1.807, 2.05) is 6.92 Å². The van der Waals surface area contributed by atoms with E-state index in [0.717, 1.165) is 4.47 Å². The largest absolute Gasteiger partial charge is 0.504 e. The van der Waals surface area contributed by atoms with Crippen LogP contribution in [0.2, 0.25) is 0 Å². The summed E-state index contributed by atoms with van der Waals surface area (Å²) in [6, 6.07) is 1.67. The van der Waals surface area contributed by atoms with Gasteiger partial charge in [0.25, 0.3) is 5.91 Å². The van der Waals surface area contributed by atoms with E-state index in [1.54, 1.807) is 19.2 Å². The molecule has 1 N–H and O–H groups in total. The molecular weight excluding hydrogens is 442 g/mol. The summed E-state index contributed by atoms with van der Waals surface area (Å²) in [4.78, 5) is 13.9. The van der Waals surface area contributed by atoms with Crippen LogP contribution in [0, 0.1) is 0 Å². The van der Waals surface area contributed by atoms with E-state index in [9.17, 15) is 9.90 Å². The lowest BCUT2D eigenvalue weighted by Crippen LogP contribution is -2.22. The molecule has 0 radical (unpaired) electrons. The molecule has 0 aromatic heterocycles. The van der Waals surface area contributed by atoms with Gasteiger partial charge in [0.2, 0.25) is 0 Å². The second-order valence-corrected chi connectivity index (χ2v) is 7.43. The van der Waals surface area contributed by atoms with Crippen LogP contribution in [0.1, 0.15) is 12.5 Å². The predicted octanol–water partition coefficient (Wildman–Crippen LogP) is 4.15. The van der Waals surface area contributed by atoms with Crippen molar-refractivity contribution in [1.82, 2.24) is 4.90 Å². The molecule has 1 aliphatic heterocycles. The highest BCUT2D eigenvalue weighted by molar-refractivity contribution is 9.13. The molecule has 21 heavy (non-hydrogen) atoms. The summed E-state index contributed by atoms with van der Waals surface area (Å²) in [6.07, 6.45) is 1.61. The number of phenolic OH excluding ortho intramolecular Hbond substituents is 1. The minimum Gasteiger partial charge on any atom is -0.504 e. The summed E-state index contributed by atoms with van der Waals surface area (Å²) in [5.74, 6) is 0.147. The summed E-state index contributed by atoms with van der Waals surface area (Å²) < 4.78 is 7.24. The van der Waals surface area contributed by atoms with Crippen LogP contribution in [0.15, 0.2) is 19.9 Å². The molecule has 1 heterocycles. The number of benzene rings is 1. The van der Waals surface area contributed by atoms with Crippen molar-refractivity contribution in [3.8, 4) is 11.5 Å². The Morgan fingerprint density at radius 3 is 2.71 bits per heavy atom. The van der Waals surface area contributed by atoms with Crippen LogP contribution < -0.4 is 4.74 Å². The number of ether oxygens (including phenoxy) is 1. The summed E-state index contributed by atoms with van der Waals surface area (Å²) in [6.45, 7) is 2.26. The molecule has 1 saturated heterocycles. The van der Waals surface area contributed by atoms with Crippen molar-refractivity contribution < 1.29 is 14.6 Å². The molecule has 0 spiro atoms. The van der Waals surface area contributed by atoms with Gasteiger partial charge < -0.3 is 9.84 Å². The number of thioether (sulfide) groups is 1. The van der Waals surface area contributed by atoms with Gasteiger partial charge in [-0.25, -0.2) is 0 Å². The number of halogens is 2. The van der Waals surface area contributed by atoms with Crippen LogP contribution in [0.3, 0.4) is 0 Å². The SMILES string of the molecule is CCOc1cc(Br)c(Br)c(C=C2SC(=S)N(C)C2=O)c1O. The van der Waals surface area contributed by atoms with E-state index in [0.29, 0.717) is 31.6 Å². The van der Waals surface area contributed by atoms with Crippen LogP contribution in [-0.2, 0) is 4.79 Å². The first-order valence-corrected chi connectivity index (χ1v) is 8.73. The van der Waals surface area contributed by atoms with Crippen molar-refractivity contribution in [2.75, 3.05) is 13.7 Å². The highest BCUT2D eigenvalue weighted by Gasteiger charge is 2.29. The van der Waals surface area contributed by atoms with Crippen LogP contribution in [0.4, 0.5) is 0 Å². The van der Waals surface area contributed by atoms with Crippen LogP contribution in [-0.4, -0.2) is 33.9 Å². The zero-order valence-electron chi connectivity index (χ0n) is 11.1. The number of hydrogen-bond acceptors (Lipinski definition) is 5. The maximum Gasteiger partial charge on any atom is 0.265 e. The van der Waals surface area contributed by atoms with Crippen LogP contribution in [0.5, 0.6) is 11.5 Å². The molecule has 0 saturated carbocycles. The van der Waals surface area contributed by atoms with Gasteiger partial charge >= 0.3 is 0 Å². The normalized spacial score (nSPS) is 17.0. The molecule has 112 valence electrons. The van der Waals surface area contributed by atoms with E-state index >= 15 is 0 Å². The Labute approximate surface area is 148 Å². The molecule has 0 atom stereocenters. The van der Waals surface area contributed by atoms with Gasteiger partial charge in [0.1, 0.15) is 4.32 Å². The lowest BCUT2D eigenvalue weighted by Gasteiger charge is -2.12. The third-order valence-electron chi connectivity index (χ3n) is 2.75. The maximum absolute atomic E-state index is 12.0. The number of hydrogen-bond donors (Lipinski definition) is 1. The van der Waals surface area contributed by atoms with Crippen LogP contribution in [0.25, 0.3) is 6.08 Å². The molecule has 0 unspecified atom stereocenters. The summed E-state index contributed by atoms with van der Waals surface area (Å²) in [5.41, 5.74) is 0.474. The predicted molar refractivity (Wildman–Crippen MR) is 95.6 cm³/mol. The van der Waals surface area contributed by atoms with Gasteiger partial charge in [0.15, 0.2) is 11.5 Å². The average Bonchev–Trinajstić information content (AvgIpc) is 2.68. The van der Waals surface area contributed by atoms with Crippen molar-refractivity contribution >= 4 is 72.1 Å². The molecule has 4 nitrogen and oxygen atoms in total. The first kappa shape index (κ1) is 16.8. The fourth-order valence-corrected chi connectivity index (χ4v) is 3.69. The van der Waals surface area contributed by atoms with Gasteiger partial charge in [0.05, 0.1) is 11.5 Å². The van der Waals surface area contributed by atoms with Gasteiger partial charge in [-0.05, 0) is 50.9 Å². The number of phenols is 1. The Bertz CT molecular complexity index is 661. The Kier molecular flexibility index (Phi) is 5.34. The lowest BCUT2D eigenvalue weighted by molar-refractivity contribution is -0.121. The smallest absolute Gasteiger partial charge is 0.265 e. The van der Waals surface area contributed by atoms with Crippen molar-refractivity contribution in [3.05, 3.63) is 25.5 Å². The first-order valence-electron chi connectivity index (χ1n) is 5.92. The van der Waals surface area contributed by atoms with Gasteiger partial charge in [-0.15, -0.1) is 0 Å². The molecule has 1 aromatic rings. The summed E-state index contributed by atoms with van der Waals surface area (Å²) in [7, 11) is 1.62. The Hall–Kier alpha value is -0.570. The quantitative estimate of drug-likeness (QED) is 0.551. The number of thiocarbonyl (C=S) groups is 1. The Morgan fingerprint density at radius 2 is 2.19 bits per heavy atom. The van der Waals surface area contributed by atoms with Gasteiger partial charge in [0, 0.05) is 21.6 Å². The highest BCUT2D eigenvalue weighted by atomic mass is 79.9. The topological polar surface area (TPSA) is 49.8 Å². The number of nitrogens with zero attached hydrogens (tertiary/aromatic N) is 1. The number of rotatable bonds is 3. The van der Waals surface area contributed by atoms with Crippen molar-refractivity contribution in [2.24, 2.45) is 0 Å². The number of likely N-dealkylation sites (N-methyl/N-ethyl adjacent to an activating group) is 1. The van der Waals surface area contributed by atoms with E-state index in [-0.39, 0.29) is 11.7 Å². The number of carbonyl (C=O) groups excluding carboxylic acids is 1. The number of amides is 1. The average molecular weight is 453 g/mol. The fraction of sp³-hybridized carbons (Fsp3) is 0.231. The summed E-state index contributed by atoms with van der Waals surface area (Å²) >= 11 is 13.1. The highest BCUT2D eigenvalue weighted by Crippen LogP contribution is 2.43. The zero-order chi connectivity index (χ0) is 15.7. The number of carbonyl (C=O) groups is 1.